The molecule has 1 aliphatic rings. The minimum Gasteiger partial charge on any atom is -0.349 e. The monoisotopic (exact) mass is 322 g/mol. The summed E-state index contributed by atoms with van der Waals surface area (Å²) in [4.78, 5) is 12.1. The highest BCUT2D eigenvalue weighted by atomic mass is 19.4. The van der Waals surface area contributed by atoms with Crippen LogP contribution in [0.15, 0.2) is 29.8 Å². The van der Waals surface area contributed by atoms with Gasteiger partial charge in [-0.05, 0) is 30.5 Å². The van der Waals surface area contributed by atoms with E-state index in [-0.39, 0.29) is 17.2 Å². The van der Waals surface area contributed by atoms with E-state index in [0.717, 1.165) is 44.2 Å². The number of alkyl halides is 3. The lowest BCUT2D eigenvalue weighted by molar-refractivity contribution is -0.137. The second-order valence-electron chi connectivity index (χ2n) is 5.56. The second-order valence-corrected chi connectivity index (χ2v) is 5.56. The van der Waals surface area contributed by atoms with Gasteiger partial charge in [0.05, 0.1) is 5.56 Å². The van der Waals surface area contributed by atoms with Crippen molar-refractivity contribution in [3.05, 3.63) is 41.0 Å². The van der Waals surface area contributed by atoms with Crippen LogP contribution in [-0.2, 0) is 11.0 Å². The van der Waals surface area contributed by atoms with Gasteiger partial charge in [-0.1, -0.05) is 37.5 Å². The largest absolute Gasteiger partial charge is 0.416 e. The molecule has 1 aliphatic carbocycles. The van der Waals surface area contributed by atoms with Crippen LogP contribution in [0.1, 0.15) is 43.2 Å². The number of nitriles is 1. The van der Waals surface area contributed by atoms with Crippen LogP contribution in [0, 0.1) is 11.3 Å². The van der Waals surface area contributed by atoms with Crippen molar-refractivity contribution in [2.24, 2.45) is 0 Å². The Labute approximate surface area is 132 Å². The molecule has 0 atom stereocenters. The first-order valence-electron chi connectivity index (χ1n) is 7.50. The minimum atomic E-state index is -4.53. The summed E-state index contributed by atoms with van der Waals surface area (Å²) in [5.41, 5.74) is -1.36. The Morgan fingerprint density at radius 2 is 1.87 bits per heavy atom. The number of rotatable bonds is 3. The predicted molar refractivity (Wildman–Crippen MR) is 80.0 cm³/mol. The normalized spacial score (nSPS) is 16.7. The third kappa shape index (κ3) is 4.59. The van der Waals surface area contributed by atoms with Gasteiger partial charge in [0.2, 0.25) is 0 Å². The van der Waals surface area contributed by atoms with Gasteiger partial charge in [0.25, 0.3) is 5.91 Å². The maximum absolute atomic E-state index is 13.0. The minimum absolute atomic E-state index is 0.00846. The van der Waals surface area contributed by atoms with E-state index in [9.17, 15) is 18.0 Å². The van der Waals surface area contributed by atoms with Crippen LogP contribution in [0.25, 0.3) is 6.08 Å². The lowest BCUT2D eigenvalue weighted by atomic mass is 9.95. The Morgan fingerprint density at radius 3 is 2.48 bits per heavy atom. The van der Waals surface area contributed by atoms with Gasteiger partial charge in [0.1, 0.15) is 11.6 Å². The molecule has 1 amide bonds. The van der Waals surface area contributed by atoms with E-state index in [0.29, 0.717) is 0 Å². The number of amides is 1. The Hall–Kier alpha value is -2.29. The Balaban J connectivity index is 2.22. The van der Waals surface area contributed by atoms with E-state index in [4.69, 9.17) is 5.26 Å². The molecule has 0 radical (unpaired) electrons. The Bertz CT molecular complexity index is 638. The maximum Gasteiger partial charge on any atom is 0.416 e. The fraction of sp³-hybridized carbons (Fsp3) is 0.412. The molecule has 6 heteroatoms. The molecule has 1 aromatic carbocycles. The SMILES string of the molecule is N#C/C(=C/c1ccccc1C(F)(F)F)C(=O)NC1CCCCC1. The molecule has 1 N–H and O–H groups in total. The van der Waals surface area contributed by atoms with Crippen LogP contribution in [-0.4, -0.2) is 11.9 Å². The van der Waals surface area contributed by atoms with Crippen molar-refractivity contribution in [2.75, 3.05) is 0 Å². The highest BCUT2D eigenvalue weighted by Gasteiger charge is 2.32. The predicted octanol–water partition coefficient (Wildman–Crippen LogP) is 4.06. The summed E-state index contributed by atoms with van der Waals surface area (Å²) in [7, 11) is 0. The summed E-state index contributed by atoms with van der Waals surface area (Å²) in [6, 6.07) is 6.58. The number of carbonyl (C=O) groups is 1. The van der Waals surface area contributed by atoms with Crippen molar-refractivity contribution in [1.82, 2.24) is 5.32 Å². The molecular weight excluding hydrogens is 305 g/mol. The van der Waals surface area contributed by atoms with E-state index in [1.54, 1.807) is 6.07 Å². The smallest absolute Gasteiger partial charge is 0.349 e. The van der Waals surface area contributed by atoms with E-state index in [1.165, 1.54) is 18.2 Å². The fourth-order valence-corrected chi connectivity index (χ4v) is 2.70. The van der Waals surface area contributed by atoms with Gasteiger partial charge < -0.3 is 5.32 Å². The van der Waals surface area contributed by atoms with Crippen molar-refractivity contribution in [2.45, 2.75) is 44.3 Å². The van der Waals surface area contributed by atoms with Crippen LogP contribution in [0.2, 0.25) is 0 Å². The number of hydrogen-bond donors (Lipinski definition) is 1. The van der Waals surface area contributed by atoms with Crippen LogP contribution >= 0.6 is 0 Å². The molecular formula is C17H17F3N2O. The molecule has 0 aromatic heterocycles. The third-order valence-electron chi connectivity index (χ3n) is 3.87. The van der Waals surface area contributed by atoms with Gasteiger partial charge >= 0.3 is 6.18 Å². The number of nitrogens with zero attached hydrogens (tertiary/aromatic N) is 1. The highest BCUT2D eigenvalue weighted by Crippen LogP contribution is 2.32. The lowest BCUT2D eigenvalue weighted by Crippen LogP contribution is -2.36. The first-order chi connectivity index (χ1) is 10.9. The quantitative estimate of drug-likeness (QED) is 0.674. The number of benzene rings is 1. The average Bonchev–Trinajstić information content (AvgIpc) is 2.53. The molecule has 1 saturated carbocycles. The van der Waals surface area contributed by atoms with Crippen molar-refractivity contribution in [1.29, 1.82) is 5.26 Å². The zero-order valence-corrected chi connectivity index (χ0v) is 12.5. The lowest BCUT2D eigenvalue weighted by Gasteiger charge is -2.22. The molecule has 2 rings (SSSR count). The van der Waals surface area contributed by atoms with Crippen molar-refractivity contribution in [3.8, 4) is 6.07 Å². The molecule has 0 heterocycles. The van der Waals surface area contributed by atoms with Crippen molar-refractivity contribution >= 4 is 12.0 Å². The van der Waals surface area contributed by atoms with E-state index in [2.05, 4.69) is 5.32 Å². The molecule has 1 aromatic rings. The second kappa shape index (κ2) is 7.32. The van der Waals surface area contributed by atoms with Crippen molar-refractivity contribution in [3.63, 3.8) is 0 Å². The Kier molecular flexibility index (Phi) is 5.43. The summed E-state index contributed by atoms with van der Waals surface area (Å²) in [5, 5.41) is 11.9. The van der Waals surface area contributed by atoms with Gasteiger partial charge in [0, 0.05) is 6.04 Å². The van der Waals surface area contributed by atoms with Crippen LogP contribution < -0.4 is 5.32 Å². The molecule has 0 saturated heterocycles. The maximum atomic E-state index is 13.0. The molecule has 1 fully saturated rings. The van der Waals surface area contributed by atoms with Gasteiger partial charge in [-0.15, -0.1) is 0 Å². The Morgan fingerprint density at radius 1 is 1.22 bits per heavy atom. The zero-order valence-electron chi connectivity index (χ0n) is 12.5. The first kappa shape index (κ1) is 17.1. The third-order valence-corrected chi connectivity index (χ3v) is 3.87. The number of hydrogen-bond acceptors (Lipinski definition) is 2. The summed E-state index contributed by atoms with van der Waals surface area (Å²) < 4.78 is 38.9. The summed E-state index contributed by atoms with van der Waals surface area (Å²) in [5.74, 6) is -0.614. The van der Waals surface area contributed by atoms with Crippen LogP contribution in [0.5, 0.6) is 0 Å². The number of carbonyl (C=O) groups excluding carboxylic acids is 1. The van der Waals surface area contributed by atoms with Crippen LogP contribution in [0.4, 0.5) is 13.2 Å². The molecule has 3 nitrogen and oxygen atoms in total. The molecule has 0 unspecified atom stereocenters. The number of halogens is 3. The van der Waals surface area contributed by atoms with Gasteiger partial charge in [0.15, 0.2) is 0 Å². The van der Waals surface area contributed by atoms with Gasteiger partial charge in [-0.2, -0.15) is 18.4 Å². The van der Waals surface area contributed by atoms with E-state index < -0.39 is 17.6 Å². The summed E-state index contributed by atoms with van der Waals surface area (Å²) in [6.45, 7) is 0. The molecule has 122 valence electrons. The standard InChI is InChI=1S/C17H17F3N2O/c18-17(19,20)15-9-5-4-6-12(15)10-13(11-21)16(23)22-14-7-2-1-3-8-14/h4-6,9-10,14H,1-3,7-8H2,(H,22,23)/b13-10-. The van der Waals surface area contributed by atoms with Crippen molar-refractivity contribution < 1.29 is 18.0 Å². The zero-order chi connectivity index (χ0) is 16.9. The topological polar surface area (TPSA) is 52.9 Å². The number of nitrogens with one attached hydrogen (secondary N) is 1. The summed E-state index contributed by atoms with van der Waals surface area (Å²) in [6.07, 6.45) is 1.27. The van der Waals surface area contributed by atoms with Gasteiger partial charge in [-0.25, -0.2) is 0 Å². The fourth-order valence-electron chi connectivity index (χ4n) is 2.70. The first-order valence-corrected chi connectivity index (χ1v) is 7.50. The average molecular weight is 322 g/mol. The molecule has 0 bridgehead atoms. The van der Waals surface area contributed by atoms with Crippen LogP contribution in [0.3, 0.4) is 0 Å². The summed E-state index contributed by atoms with van der Waals surface area (Å²) >= 11 is 0. The van der Waals surface area contributed by atoms with E-state index >= 15 is 0 Å². The highest BCUT2D eigenvalue weighted by molar-refractivity contribution is 6.02. The van der Waals surface area contributed by atoms with Gasteiger partial charge in [-0.3, -0.25) is 4.79 Å². The molecule has 23 heavy (non-hydrogen) atoms. The molecule has 0 spiro atoms. The van der Waals surface area contributed by atoms with E-state index in [1.807, 2.05) is 0 Å². The molecule has 0 aliphatic heterocycles.